The molecule has 0 bridgehead atoms. The lowest BCUT2D eigenvalue weighted by Gasteiger charge is -2.10. The molecule has 3 aromatic rings. The Labute approximate surface area is 139 Å². The van der Waals surface area contributed by atoms with Gasteiger partial charge in [0.2, 0.25) is 0 Å². The van der Waals surface area contributed by atoms with Gasteiger partial charge in [-0.25, -0.2) is 4.39 Å². The van der Waals surface area contributed by atoms with E-state index in [-0.39, 0.29) is 18.3 Å². The van der Waals surface area contributed by atoms with E-state index in [1.165, 1.54) is 19.2 Å². The smallest absolute Gasteiger partial charge is 0.251 e. The van der Waals surface area contributed by atoms with Crippen molar-refractivity contribution in [2.75, 3.05) is 7.11 Å². The summed E-state index contributed by atoms with van der Waals surface area (Å²) >= 11 is 0. The molecule has 1 N–H and O–H groups in total. The number of ether oxygens (including phenoxy) is 1. The Morgan fingerprint density at radius 1 is 1.12 bits per heavy atom. The van der Waals surface area contributed by atoms with Crippen molar-refractivity contribution >= 4 is 5.91 Å². The van der Waals surface area contributed by atoms with Crippen LogP contribution in [0.1, 0.15) is 15.9 Å². The molecule has 0 atom stereocenters. The molecule has 1 amide bonds. The zero-order chi connectivity index (χ0) is 16.9. The molecule has 0 saturated carbocycles. The first kappa shape index (κ1) is 15.8. The van der Waals surface area contributed by atoms with Crippen LogP contribution in [0, 0.1) is 5.82 Å². The lowest BCUT2D eigenvalue weighted by Crippen LogP contribution is -2.23. The second-order valence-corrected chi connectivity index (χ2v) is 5.28. The van der Waals surface area contributed by atoms with Gasteiger partial charge in [-0.3, -0.25) is 4.79 Å². The number of hydrogen-bond acceptors (Lipinski definition) is 2. The molecule has 24 heavy (non-hydrogen) atoms. The fraction of sp³-hybridized carbons (Fsp3) is 0.105. The first-order valence-corrected chi connectivity index (χ1v) is 7.51. The first-order chi connectivity index (χ1) is 11.7. The normalized spacial score (nSPS) is 10.4. The van der Waals surface area contributed by atoms with Crippen LogP contribution in [0.5, 0.6) is 5.75 Å². The third kappa shape index (κ3) is 3.46. The highest BCUT2D eigenvalue weighted by Gasteiger charge is 2.09. The van der Waals surface area contributed by atoms with Crippen molar-refractivity contribution < 1.29 is 13.9 Å². The van der Waals surface area contributed by atoms with Crippen LogP contribution in [0.4, 0.5) is 4.39 Å². The predicted octanol–water partition coefficient (Wildman–Crippen LogP) is 3.56. The summed E-state index contributed by atoms with van der Waals surface area (Å²) in [6.45, 7) is 0.194. The molecule has 0 spiro atoms. The minimum atomic E-state index is -0.365. The highest BCUT2D eigenvalue weighted by atomic mass is 19.1. The molecule has 1 heterocycles. The van der Waals surface area contributed by atoms with Gasteiger partial charge < -0.3 is 14.6 Å². The quantitative estimate of drug-likeness (QED) is 0.780. The Bertz CT molecular complexity index is 827. The Morgan fingerprint density at radius 3 is 2.50 bits per heavy atom. The molecule has 1 aromatic heterocycles. The van der Waals surface area contributed by atoms with Crippen LogP contribution < -0.4 is 10.1 Å². The number of benzene rings is 2. The number of halogens is 1. The summed E-state index contributed by atoms with van der Waals surface area (Å²) in [7, 11) is 1.51. The average Bonchev–Trinajstić information content (AvgIpc) is 3.14. The zero-order valence-corrected chi connectivity index (χ0v) is 13.2. The van der Waals surface area contributed by atoms with Crippen LogP contribution >= 0.6 is 0 Å². The topological polar surface area (TPSA) is 43.3 Å². The molecule has 0 aliphatic carbocycles. The third-order valence-electron chi connectivity index (χ3n) is 3.71. The van der Waals surface area contributed by atoms with Crippen LogP contribution in [-0.4, -0.2) is 17.6 Å². The van der Waals surface area contributed by atoms with Crippen LogP contribution in [0.2, 0.25) is 0 Å². The summed E-state index contributed by atoms with van der Waals surface area (Å²) in [5.74, 6) is -0.0452. The summed E-state index contributed by atoms with van der Waals surface area (Å²) in [4.78, 5) is 12.2. The van der Waals surface area contributed by atoms with Gasteiger partial charge in [0.05, 0.1) is 7.11 Å². The van der Waals surface area contributed by atoms with Gasteiger partial charge in [0, 0.05) is 35.8 Å². The van der Waals surface area contributed by atoms with Gasteiger partial charge in [-0.15, -0.1) is 0 Å². The van der Waals surface area contributed by atoms with Gasteiger partial charge in [0.15, 0.2) is 0 Å². The number of hydrogen-bond donors (Lipinski definition) is 1. The molecule has 2 aromatic carbocycles. The summed E-state index contributed by atoms with van der Waals surface area (Å²) in [5, 5.41) is 2.78. The Kier molecular flexibility index (Phi) is 4.61. The van der Waals surface area contributed by atoms with Crippen molar-refractivity contribution in [3.63, 3.8) is 0 Å². The van der Waals surface area contributed by atoms with E-state index >= 15 is 0 Å². The SMILES string of the molecule is COc1ccc(F)cc1CNC(=O)c1ccc(-n2cccc2)cc1. The fourth-order valence-electron chi connectivity index (χ4n) is 2.45. The second kappa shape index (κ2) is 7.00. The van der Waals surface area contributed by atoms with Crippen molar-refractivity contribution in [1.82, 2.24) is 9.88 Å². The average molecular weight is 324 g/mol. The number of methoxy groups -OCH3 is 1. The van der Waals surface area contributed by atoms with Gasteiger partial charge in [0.25, 0.3) is 5.91 Å². The standard InChI is InChI=1S/C19H17FN2O2/c1-24-18-9-6-16(20)12-15(18)13-21-19(23)14-4-7-17(8-5-14)22-10-2-3-11-22/h2-12H,13H2,1H3,(H,21,23). The van der Waals surface area contributed by atoms with Crippen LogP contribution in [0.3, 0.4) is 0 Å². The lowest BCUT2D eigenvalue weighted by molar-refractivity contribution is 0.0950. The van der Waals surface area contributed by atoms with Crippen molar-refractivity contribution in [3.8, 4) is 11.4 Å². The number of rotatable bonds is 5. The highest BCUT2D eigenvalue weighted by molar-refractivity contribution is 5.94. The van der Waals surface area contributed by atoms with E-state index in [1.54, 1.807) is 18.2 Å². The van der Waals surface area contributed by atoms with Crippen LogP contribution in [-0.2, 0) is 6.54 Å². The molecule has 122 valence electrons. The zero-order valence-electron chi connectivity index (χ0n) is 13.2. The lowest BCUT2D eigenvalue weighted by atomic mass is 10.1. The molecule has 4 nitrogen and oxygen atoms in total. The van der Waals surface area contributed by atoms with Gasteiger partial charge in [-0.1, -0.05) is 0 Å². The van der Waals surface area contributed by atoms with Crippen molar-refractivity contribution in [2.24, 2.45) is 0 Å². The number of carbonyl (C=O) groups is 1. The van der Waals surface area contributed by atoms with Gasteiger partial charge in [-0.05, 0) is 54.6 Å². The van der Waals surface area contributed by atoms with Crippen LogP contribution in [0.15, 0.2) is 67.0 Å². The fourth-order valence-corrected chi connectivity index (χ4v) is 2.45. The molecular formula is C19H17FN2O2. The van der Waals surface area contributed by atoms with E-state index < -0.39 is 0 Å². The summed E-state index contributed by atoms with van der Waals surface area (Å²) in [5.41, 5.74) is 2.11. The van der Waals surface area contributed by atoms with Gasteiger partial charge >= 0.3 is 0 Å². The molecule has 0 saturated heterocycles. The maximum Gasteiger partial charge on any atom is 0.251 e. The molecule has 0 aliphatic heterocycles. The van der Waals surface area contributed by atoms with Crippen LogP contribution in [0.25, 0.3) is 5.69 Å². The molecule has 0 fully saturated rings. The molecule has 0 radical (unpaired) electrons. The minimum absolute atomic E-state index is 0.194. The van der Waals surface area contributed by atoms with E-state index in [0.29, 0.717) is 16.9 Å². The monoisotopic (exact) mass is 324 g/mol. The maximum absolute atomic E-state index is 13.3. The summed E-state index contributed by atoms with van der Waals surface area (Å²) < 4.78 is 20.5. The van der Waals surface area contributed by atoms with E-state index in [2.05, 4.69) is 5.32 Å². The summed E-state index contributed by atoms with van der Waals surface area (Å²) in [6.07, 6.45) is 3.87. The van der Waals surface area contributed by atoms with Gasteiger partial charge in [0.1, 0.15) is 11.6 Å². The highest BCUT2D eigenvalue weighted by Crippen LogP contribution is 2.19. The molecule has 5 heteroatoms. The van der Waals surface area contributed by atoms with Crippen molar-refractivity contribution in [1.29, 1.82) is 0 Å². The molecule has 3 rings (SSSR count). The van der Waals surface area contributed by atoms with Crippen molar-refractivity contribution in [2.45, 2.75) is 6.54 Å². The van der Waals surface area contributed by atoms with E-state index in [1.807, 2.05) is 41.2 Å². The number of carbonyl (C=O) groups excluding carboxylic acids is 1. The first-order valence-electron chi connectivity index (χ1n) is 7.51. The molecule has 0 aliphatic rings. The molecule has 0 unspecified atom stereocenters. The summed E-state index contributed by atoms with van der Waals surface area (Å²) in [6, 6.07) is 15.4. The number of amides is 1. The van der Waals surface area contributed by atoms with Gasteiger partial charge in [-0.2, -0.15) is 0 Å². The Hall–Kier alpha value is -3.08. The van der Waals surface area contributed by atoms with E-state index in [9.17, 15) is 9.18 Å². The largest absolute Gasteiger partial charge is 0.496 e. The van der Waals surface area contributed by atoms with Crippen molar-refractivity contribution in [3.05, 3.63) is 83.9 Å². The number of nitrogens with zero attached hydrogens (tertiary/aromatic N) is 1. The number of nitrogens with one attached hydrogen (secondary N) is 1. The maximum atomic E-state index is 13.3. The second-order valence-electron chi connectivity index (χ2n) is 5.28. The predicted molar refractivity (Wildman–Crippen MR) is 89.9 cm³/mol. The number of aromatic nitrogens is 1. The Balaban J connectivity index is 1.68. The Morgan fingerprint density at radius 2 is 1.83 bits per heavy atom. The third-order valence-corrected chi connectivity index (χ3v) is 3.71. The van der Waals surface area contributed by atoms with E-state index in [4.69, 9.17) is 4.74 Å². The van der Waals surface area contributed by atoms with E-state index in [0.717, 1.165) is 5.69 Å². The minimum Gasteiger partial charge on any atom is -0.496 e. The molecular weight excluding hydrogens is 307 g/mol.